The monoisotopic (exact) mass is 267 g/mol. The molecule has 0 bridgehead atoms. The molecule has 1 heterocycles. The Morgan fingerprint density at radius 2 is 2.17 bits per heavy atom. The summed E-state index contributed by atoms with van der Waals surface area (Å²) < 4.78 is 4.54. The van der Waals surface area contributed by atoms with Crippen LogP contribution in [0.4, 0.5) is 5.69 Å². The number of hydrogen-bond acceptors (Lipinski definition) is 4. The molecule has 1 N–H and O–H groups in total. The van der Waals surface area contributed by atoms with E-state index < -0.39 is 23.6 Å². The Morgan fingerprint density at radius 3 is 2.83 bits per heavy atom. The fourth-order valence-corrected chi connectivity index (χ4v) is 2.01. The van der Waals surface area contributed by atoms with Crippen molar-refractivity contribution >= 4 is 34.9 Å². The predicted octanol–water partition coefficient (Wildman–Crippen LogP) is 1.65. The molecule has 0 fully saturated rings. The molecule has 0 spiro atoms. The van der Waals surface area contributed by atoms with E-state index in [0.29, 0.717) is 10.7 Å². The van der Waals surface area contributed by atoms with Crippen molar-refractivity contribution in [2.45, 2.75) is 6.42 Å². The van der Waals surface area contributed by atoms with Gasteiger partial charge in [0.2, 0.25) is 5.91 Å². The molecule has 5 nitrogen and oxygen atoms in total. The van der Waals surface area contributed by atoms with Crippen LogP contribution in [0.5, 0.6) is 0 Å². The standard InChI is InChI=1S/C12H10ClNO4/c1-18-12(17)8-5-10(15)14-9-4-6(13)2-3-7(9)11(8)16/h2-4,8H,5H2,1H3,(H,14,15). The van der Waals surface area contributed by atoms with Crippen LogP contribution in [0.1, 0.15) is 16.8 Å². The largest absolute Gasteiger partial charge is 0.468 e. The summed E-state index contributed by atoms with van der Waals surface area (Å²) in [7, 11) is 1.18. The van der Waals surface area contributed by atoms with Crippen LogP contribution >= 0.6 is 11.6 Å². The number of hydrogen-bond donors (Lipinski definition) is 1. The van der Waals surface area contributed by atoms with Gasteiger partial charge in [0.25, 0.3) is 0 Å². The van der Waals surface area contributed by atoms with Gasteiger partial charge in [0, 0.05) is 17.0 Å². The molecular formula is C12H10ClNO4. The van der Waals surface area contributed by atoms with E-state index in [9.17, 15) is 14.4 Å². The average molecular weight is 268 g/mol. The van der Waals surface area contributed by atoms with E-state index >= 15 is 0 Å². The van der Waals surface area contributed by atoms with Gasteiger partial charge in [-0.05, 0) is 18.2 Å². The van der Waals surface area contributed by atoms with E-state index in [1.807, 2.05) is 0 Å². The lowest BCUT2D eigenvalue weighted by atomic mass is 9.95. The minimum Gasteiger partial charge on any atom is -0.468 e. The summed E-state index contributed by atoms with van der Waals surface area (Å²) >= 11 is 5.80. The SMILES string of the molecule is COC(=O)C1CC(=O)Nc2cc(Cl)ccc2C1=O. The van der Waals surface area contributed by atoms with Gasteiger partial charge in [-0.25, -0.2) is 0 Å². The second-order valence-electron chi connectivity index (χ2n) is 3.88. The third kappa shape index (κ3) is 2.22. The van der Waals surface area contributed by atoms with Crippen LogP contribution in [0.3, 0.4) is 0 Å². The Balaban J connectivity index is 2.49. The molecule has 1 amide bonds. The number of ketones is 1. The number of nitrogens with one attached hydrogen (secondary N) is 1. The maximum Gasteiger partial charge on any atom is 0.317 e. The van der Waals surface area contributed by atoms with Crippen LogP contribution in [0.25, 0.3) is 0 Å². The maximum absolute atomic E-state index is 12.2. The van der Waals surface area contributed by atoms with E-state index in [0.717, 1.165) is 0 Å². The number of anilines is 1. The van der Waals surface area contributed by atoms with E-state index in [-0.39, 0.29) is 12.0 Å². The number of methoxy groups -OCH3 is 1. The van der Waals surface area contributed by atoms with Crippen molar-refractivity contribution < 1.29 is 19.1 Å². The molecule has 0 saturated heterocycles. The van der Waals surface area contributed by atoms with Gasteiger partial charge < -0.3 is 10.1 Å². The predicted molar refractivity (Wildman–Crippen MR) is 64.5 cm³/mol. The molecule has 6 heteroatoms. The number of benzene rings is 1. The fraction of sp³-hybridized carbons (Fsp3) is 0.250. The highest BCUT2D eigenvalue weighted by Gasteiger charge is 2.35. The molecule has 94 valence electrons. The van der Waals surface area contributed by atoms with Gasteiger partial charge in [-0.3, -0.25) is 14.4 Å². The number of amides is 1. The van der Waals surface area contributed by atoms with Crippen LogP contribution in [0, 0.1) is 5.92 Å². The first kappa shape index (κ1) is 12.6. The van der Waals surface area contributed by atoms with Crippen molar-refractivity contribution in [3.8, 4) is 0 Å². The fourth-order valence-electron chi connectivity index (χ4n) is 1.83. The van der Waals surface area contributed by atoms with Crippen molar-refractivity contribution in [3.05, 3.63) is 28.8 Å². The lowest BCUT2D eigenvalue weighted by Gasteiger charge is -2.09. The summed E-state index contributed by atoms with van der Waals surface area (Å²) in [6.07, 6.45) is -0.224. The molecule has 1 aliphatic rings. The number of halogens is 1. The highest BCUT2D eigenvalue weighted by atomic mass is 35.5. The molecule has 0 saturated carbocycles. The molecule has 0 radical (unpaired) electrons. The summed E-state index contributed by atoms with van der Waals surface area (Å²) in [6, 6.07) is 4.50. The van der Waals surface area contributed by atoms with Crippen LogP contribution in [-0.4, -0.2) is 24.8 Å². The first-order chi connectivity index (χ1) is 8.52. The summed E-state index contributed by atoms with van der Waals surface area (Å²) in [5, 5.41) is 2.95. The average Bonchev–Trinajstić information content (AvgIpc) is 2.45. The third-order valence-electron chi connectivity index (χ3n) is 2.71. The van der Waals surface area contributed by atoms with Gasteiger partial charge in [-0.1, -0.05) is 11.6 Å². The highest BCUT2D eigenvalue weighted by Crippen LogP contribution is 2.28. The topological polar surface area (TPSA) is 72.5 Å². The van der Waals surface area contributed by atoms with Crippen molar-refractivity contribution in [1.82, 2.24) is 0 Å². The smallest absolute Gasteiger partial charge is 0.317 e. The highest BCUT2D eigenvalue weighted by molar-refractivity contribution is 6.31. The first-order valence-electron chi connectivity index (χ1n) is 5.24. The minimum atomic E-state index is -1.10. The van der Waals surface area contributed by atoms with Gasteiger partial charge in [0.1, 0.15) is 5.92 Å². The zero-order valence-electron chi connectivity index (χ0n) is 9.53. The lowest BCUT2D eigenvalue weighted by molar-refractivity contribution is -0.145. The Morgan fingerprint density at radius 1 is 1.44 bits per heavy atom. The second kappa shape index (κ2) is 4.78. The Labute approximate surface area is 108 Å². The molecule has 1 aromatic carbocycles. The van der Waals surface area contributed by atoms with Gasteiger partial charge in [-0.2, -0.15) is 0 Å². The van der Waals surface area contributed by atoms with Gasteiger partial charge in [-0.15, -0.1) is 0 Å². The zero-order chi connectivity index (χ0) is 13.3. The maximum atomic E-state index is 12.2. The van der Waals surface area contributed by atoms with Crippen molar-refractivity contribution in [1.29, 1.82) is 0 Å². The lowest BCUT2D eigenvalue weighted by Crippen LogP contribution is -2.27. The second-order valence-corrected chi connectivity index (χ2v) is 4.32. The van der Waals surface area contributed by atoms with Crippen LogP contribution in [-0.2, 0) is 14.3 Å². The molecule has 0 aromatic heterocycles. The van der Waals surface area contributed by atoms with Crippen molar-refractivity contribution in [3.63, 3.8) is 0 Å². The van der Waals surface area contributed by atoms with Crippen molar-refractivity contribution in [2.75, 3.05) is 12.4 Å². The van der Waals surface area contributed by atoms with E-state index in [4.69, 9.17) is 11.6 Å². The van der Waals surface area contributed by atoms with Gasteiger partial charge in [0.15, 0.2) is 5.78 Å². The number of carbonyl (C=O) groups is 3. The Bertz CT molecular complexity index is 541. The van der Waals surface area contributed by atoms with E-state index in [1.165, 1.54) is 25.3 Å². The molecular weight excluding hydrogens is 258 g/mol. The van der Waals surface area contributed by atoms with Gasteiger partial charge in [0.05, 0.1) is 12.8 Å². The Hall–Kier alpha value is -1.88. The van der Waals surface area contributed by atoms with Crippen LogP contribution in [0.15, 0.2) is 18.2 Å². The normalized spacial score (nSPS) is 18.7. The minimum absolute atomic E-state index is 0.224. The Kier molecular flexibility index (Phi) is 3.34. The van der Waals surface area contributed by atoms with E-state index in [2.05, 4.69) is 10.1 Å². The molecule has 2 rings (SSSR count). The number of ether oxygens (including phenoxy) is 1. The summed E-state index contributed by atoms with van der Waals surface area (Å²) in [5.74, 6) is -2.66. The number of carbonyl (C=O) groups excluding carboxylic acids is 3. The zero-order valence-corrected chi connectivity index (χ0v) is 10.3. The third-order valence-corrected chi connectivity index (χ3v) is 2.95. The molecule has 0 aliphatic carbocycles. The molecule has 1 aliphatic heterocycles. The number of Topliss-reactive ketones (excluding diaryl/α,β-unsaturated/α-hetero) is 1. The summed E-state index contributed by atoms with van der Waals surface area (Å²) in [6.45, 7) is 0. The molecule has 1 atom stereocenters. The van der Waals surface area contributed by atoms with Crippen LogP contribution in [0.2, 0.25) is 5.02 Å². The molecule has 1 aromatic rings. The van der Waals surface area contributed by atoms with Crippen LogP contribution < -0.4 is 5.32 Å². The summed E-state index contributed by atoms with van der Waals surface area (Å²) in [4.78, 5) is 35.3. The number of esters is 1. The quantitative estimate of drug-likeness (QED) is 0.620. The summed E-state index contributed by atoms with van der Waals surface area (Å²) in [5.41, 5.74) is 0.588. The molecule has 1 unspecified atom stereocenters. The van der Waals surface area contributed by atoms with E-state index in [1.54, 1.807) is 0 Å². The first-order valence-corrected chi connectivity index (χ1v) is 5.62. The molecule has 18 heavy (non-hydrogen) atoms. The van der Waals surface area contributed by atoms with Gasteiger partial charge >= 0.3 is 5.97 Å². The van der Waals surface area contributed by atoms with Crippen molar-refractivity contribution in [2.24, 2.45) is 5.92 Å². The number of rotatable bonds is 1. The number of fused-ring (bicyclic) bond motifs is 1.